The minimum atomic E-state index is -0.802. The van der Waals surface area contributed by atoms with E-state index in [1.54, 1.807) is 4.90 Å². The molecule has 1 aromatic carbocycles. The zero-order valence-electron chi connectivity index (χ0n) is 11.1. The van der Waals surface area contributed by atoms with Crippen molar-refractivity contribution in [3.8, 4) is 0 Å². The molecule has 2 fully saturated rings. The molecular formula is C14H14Br2N2O3. The van der Waals surface area contributed by atoms with Crippen LogP contribution in [0.2, 0.25) is 0 Å². The maximum absolute atomic E-state index is 12.5. The summed E-state index contributed by atoms with van der Waals surface area (Å²) in [6.07, 6.45) is 2.23. The van der Waals surface area contributed by atoms with Crippen LogP contribution in [0.1, 0.15) is 19.3 Å². The average molecular weight is 418 g/mol. The molecule has 2 heterocycles. The van der Waals surface area contributed by atoms with Gasteiger partial charge in [0.1, 0.15) is 0 Å². The van der Waals surface area contributed by atoms with Crippen molar-refractivity contribution in [2.24, 2.45) is 5.92 Å². The number of carbonyl (C=O) groups is 2. The fourth-order valence-electron chi connectivity index (χ4n) is 3.34. The van der Waals surface area contributed by atoms with Gasteiger partial charge in [-0.15, -0.1) is 0 Å². The summed E-state index contributed by atoms with van der Waals surface area (Å²) in [5, 5.41) is 12.1. The molecule has 0 aliphatic carbocycles. The number of rotatable bonds is 2. The molecule has 2 bridgehead atoms. The lowest BCUT2D eigenvalue weighted by molar-refractivity contribution is -0.142. The van der Waals surface area contributed by atoms with E-state index >= 15 is 0 Å². The van der Waals surface area contributed by atoms with Crippen LogP contribution in [-0.2, 0) is 4.79 Å². The molecule has 0 radical (unpaired) electrons. The van der Waals surface area contributed by atoms with Crippen molar-refractivity contribution in [3.63, 3.8) is 0 Å². The first kappa shape index (κ1) is 14.8. The first-order valence-electron chi connectivity index (χ1n) is 6.74. The number of nitrogens with zero attached hydrogens (tertiary/aromatic N) is 1. The lowest BCUT2D eigenvalue weighted by Crippen LogP contribution is -2.40. The second-order valence-electron chi connectivity index (χ2n) is 5.44. The Bertz CT molecular complexity index is 608. The number of hydrogen-bond acceptors (Lipinski definition) is 2. The number of fused-ring (bicyclic) bond motifs is 2. The van der Waals surface area contributed by atoms with Crippen molar-refractivity contribution in [1.29, 1.82) is 0 Å². The van der Waals surface area contributed by atoms with Crippen LogP contribution in [0.3, 0.4) is 0 Å². The van der Waals surface area contributed by atoms with Crippen LogP contribution in [0.4, 0.5) is 10.5 Å². The zero-order chi connectivity index (χ0) is 15.1. The quantitative estimate of drug-likeness (QED) is 0.770. The molecule has 3 rings (SSSR count). The third kappa shape index (κ3) is 2.68. The molecule has 21 heavy (non-hydrogen) atoms. The minimum absolute atomic E-state index is 0.0435. The number of urea groups is 1. The molecule has 7 heteroatoms. The van der Waals surface area contributed by atoms with Gasteiger partial charge in [0.2, 0.25) is 0 Å². The summed E-state index contributed by atoms with van der Waals surface area (Å²) in [6, 6.07) is 5.18. The Hall–Kier alpha value is -1.08. The number of hydrogen-bond donors (Lipinski definition) is 2. The van der Waals surface area contributed by atoms with E-state index in [1.165, 1.54) is 0 Å². The second-order valence-corrected chi connectivity index (χ2v) is 7.21. The van der Waals surface area contributed by atoms with Crippen LogP contribution in [0.25, 0.3) is 0 Å². The van der Waals surface area contributed by atoms with E-state index < -0.39 is 11.9 Å². The summed E-state index contributed by atoms with van der Waals surface area (Å²) in [5.74, 6) is -1.23. The summed E-state index contributed by atoms with van der Waals surface area (Å²) < 4.78 is 1.66. The van der Waals surface area contributed by atoms with Gasteiger partial charge < -0.3 is 15.3 Å². The fourth-order valence-corrected chi connectivity index (χ4v) is 4.05. The number of nitrogens with one attached hydrogen (secondary N) is 1. The summed E-state index contributed by atoms with van der Waals surface area (Å²) in [7, 11) is 0. The number of halogens is 2. The topological polar surface area (TPSA) is 69.6 Å². The lowest BCUT2D eigenvalue weighted by Gasteiger charge is -2.23. The largest absolute Gasteiger partial charge is 0.481 e. The van der Waals surface area contributed by atoms with Crippen molar-refractivity contribution in [1.82, 2.24) is 4.90 Å². The third-order valence-electron chi connectivity index (χ3n) is 4.26. The standard InChI is InChI=1S/C14H14Br2N2O3/c15-7-1-3-10(16)11(5-7)17-14(21)18-8-2-4-12(18)9(6-8)13(19)20/h1,3,5,8-9,12H,2,4,6H2,(H,17,21)(H,19,20). The summed E-state index contributed by atoms with van der Waals surface area (Å²) in [5.41, 5.74) is 0.674. The lowest BCUT2D eigenvalue weighted by atomic mass is 9.89. The Balaban J connectivity index is 1.77. The van der Waals surface area contributed by atoms with Gasteiger partial charge in [-0.25, -0.2) is 4.79 Å². The number of aliphatic carboxylic acids is 1. The predicted octanol–water partition coefficient (Wildman–Crippen LogP) is 3.68. The molecule has 112 valence electrons. The van der Waals surface area contributed by atoms with Crippen molar-refractivity contribution in [3.05, 3.63) is 27.1 Å². The summed E-state index contributed by atoms with van der Waals surface area (Å²) in [6.45, 7) is 0. The molecular weight excluding hydrogens is 404 g/mol. The Kier molecular flexibility index (Phi) is 3.96. The molecule has 2 saturated heterocycles. The highest BCUT2D eigenvalue weighted by atomic mass is 79.9. The highest BCUT2D eigenvalue weighted by Gasteiger charge is 2.51. The molecule has 0 spiro atoms. The Morgan fingerprint density at radius 3 is 2.71 bits per heavy atom. The Morgan fingerprint density at radius 1 is 1.29 bits per heavy atom. The van der Waals surface area contributed by atoms with Gasteiger partial charge in [0.05, 0.1) is 11.6 Å². The molecule has 2 aliphatic heterocycles. The molecule has 2 N–H and O–H groups in total. The van der Waals surface area contributed by atoms with E-state index in [9.17, 15) is 14.7 Å². The molecule has 3 atom stereocenters. The van der Waals surface area contributed by atoms with Gasteiger partial charge in [0.15, 0.2) is 0 Å². The maximum atomic E-state index is 12.5. The smallest absolute Gasteiger partial charge is 0.322 e. The SMILES string of the molecule is O=C(O)C1CC2CCC1N2C(=O)Nc1cc(Br)ccc1Br. The van der Waals surface area contributed by atoms with Crippen LogP contribution >= 0.6 is 31.9 Å². The number of amides is 2. The molecule has 2 aliphatic rings. The van der Waals surface area contributed by atoms with Crippen LogP contribution < -0.4 is 5.32 Å². The predicted molar refractivity (Wildman–Crippen MR) is 85.3 cm³/mol. The van der Waals surface area contributed by atoms with E-state index in [0.29, 0.717) is 12.1 Å². The van der Waals surface area contributed by atoms with Gasteiger partial charge in [-0.1, -0.05) is 15.9 Å². The Morgan fingerprint density at radius 2 is 2.05 bits per heavy atom. The van der Waals surface area contributed by atoms with E-state index in [4.69, 9.17) is 0 Å². The third-order valence-corrected chi connectivity index (χ3v) is 5.44. The van der Waals surface area contributed by atoms with Crippen molar-refractivity contribution in [2.75, 3.05) is 5.32 Å². The molecule has 3 unspecified atom stereocenters. The van der Waals surface area contributed by atoms with Crippen molar-refractivity contribution >= 4 is 49.5 Å². The van der Waals surface area contributed by atoms with E-state index in [0.717, 1.165) is 21.8 Å². The summed E-state index contributed by atoms with van der Waals surface area (Å²) in [4.78, 5) is 25.5. The zero-order valence-corrected chi connectivity index (χ0v) is 14.2. The van der Waals surface area contributed by atoms with Gasteiger partial charge in [-0.2, -0.15) is 0 Å². The molecule has 0 saturated carbocycles. The van der Waals surface area contributed by atoms with Crippen LogP contribution in [-0.4, -0.2) is 34.1 Å². The monoisotopic (exact) mass is 416 g/mol. The Labute approximate surface area is 139 Å². The fraction of sp³-hybridized carbons (Fsp3) is 0.429. The maximum Gasteiger partial charge on any atom is 0.322 e. The first-order valence-corrected chi connectivity index (χ1v) is 8.33. The van der Waals surface area contributed by atoms with Crippen LogP contribution in [0.15, 0.2) is 27.1 Å². The number of carbonyl (C=O) groups excluding carboxylic acids is 1. The van der Waals surface area contributed by atoms with Crippen molar-refractivity contribution in [2.45, 2.75) is 31.3 Å². The van der Waals surface area contributed by atoms with Crippen molar-refractivity contribution < 1.29 is 14.7 Å². The number of benzene rings is 1. The van der Waals surface area contributed by atoms with Crippen LogP contribution in [0.5, 0.6) is 0 Å². The first-order chi connectivity index (χ1) is 9.97. The second kappa shape index (κ2) is 5.61. The van der Waals surface area contributed by atoms with Gasteiger partial charge in [-0.3, -0.25) is 4.79 Å². The van der Waals surface area contributed by atoms with Gasteiger partial charge >= 0.3 is 12.0 Å². The minimum Gasteiger partial charge on any atom is -0.481 e. The van der Waals surface area contributed by atoms with E-state index in [-0.39, 0.29) is 18.1 Å². The van der Waals surface area contributed by atoms with E-state index in [2.05, 4.69) is 37.2 Å². The normalized spacial score (nSPS) is 27.0. The van der Waals surface area contributed by atoms with Crippen LogP contribution in [0, 0.1) is 5.92 Å². The highest BCUT2D eigenvalue weighted by molar-refractivity contribution is 9.11. The number of carboxylic acids is 1. The average Bonchev–Trinajstić information content (AvgIpc) is 3.00. The molecule has 1 aromatic rings. The summed E-state index contributed by atoms with van der Waals surface area (Å²) >= 11 is 6.77. The molecule has 0 aromatic heterocycles. The van der Waals surface area contributed by atoms with Gasteiger partial charge in [0.25, 0.3) is 0 Å². The highest BCUT2D eigenvalue weighted by Crippen LogP contribution is 2.42. The van der Waals surface area contributed by atoms with Gasteiger partial charge in [-0.05, 0) is 53.4 Å². The number of anilines is 1. The number of carboxylic acid groups (broad SMARTS) is 1. The molecule has 2 amide bonds. The van der Waals surface area contributed by atoms with Gasteiger partial charge in [0, 0.05) is 21.0 Å². The van der Waals surface area contributed by atoms with E-state index in [1.807, 2.05) is 18.2 Å². The molecule has 5 nitrogen and oxygen atoms in total.